The van der Waals surface area contributed by atoms with Crippen LogP contribution in [0.25, 0.3) is 0 Å². The van der Waals surface area contributed by atoms with E-state index < -0.39 is 0 Å². The molecule has 0 saturated carbocycles. The molecule has 1 N–H and O–H groups in total. The molecule has 0 aliphatic carbocycles. The van der Waals surface area contributed by atoms with E-state index in [1.54, 1.807) is 29.3 Å². The van der Waals surface area contributed by atoms with Crippen LogP contribution in [0.2, 0.25) is 5.02 Å². The van der Waals surface area contributed by atoms with Crippen molar-refractivity contribution in [3.63, 3.8) is 0 Å². The largest absolute Gasteiger partial charge is 0.335 e. The topological polar surface area (TPSA) is 87.5 Å². The molecule has 0 spiro atoms. The number of benzene rings is 1. The summed E-state index contributed by atoms with van der Waals surface area (Å²) in [6.45, 7) is 8.80. The highest BCUT2D eigenvalue weighted by molar-refractivity contribution is 14.1. The number of hydrogen-bond acceptors (Lipinski definition) is 4. The van der Waals surface area contributed by atoms with Crippen LogP contribution in [0.5, 0.6) is 0 Å². The van der Waals surface area contributed by atoms with Crippen molar-refractivity contribution in [3.8, 4) is 0 Å². The summed E-state index contributed by atoms with van der Waals surface area (Å²) in [5, 5.41) is 7.38. The summed E-state index contributed by atoms with van der Waals surface area (Å²) < 4.78 is 2.65. The molecule has 3 rings (SSSR count). The van der Waals surface area contributed by atoms with E-state index in [1.165, 1.54) is 6.92 Å². The quantitative estimate of drug-likeness (QED) is 0.508. The van der Waals surface area contributed by atoms with Gasteiger partial charge in [-0.05, 0) is 61.1 Å². The van der Waals surface area contributed by atoms with Gasteiger partial charge in [-0.3, -0.25) is 19.1 Å². The minimum Gasteiger partial charge on any atom is -0.335 e. The van der Waals surface area contributed by atoms with Crippen LogP contribution in [-0.4, -0.2) is 63.0 Å². The van der Waals surface area contributed by atoms with E-state index in [1.807, 2.05) is 23.4 Å². The Labute approximate surface area is 212 Å². The maximum atomic E-state index is 13.4. The van der Waals surface area contributed by atoms with Crippen LogP contribution in [0.15, 0.2) is 24.4 Å². The molecule has 178 valence electrons. The van der Waals surface area contributed by atoms with Gasteiger partial charge in [0.25, 0.3) is 11.8 Å². The zero-order valence-corrected chi connectivity index (χ0v) is 22.2. The van der Waals surface area contributed by atoms with E-state index in [0.29, 0.717) is 41.5 Å². The molecule has 1 saturated heterocycles. The van der Waals surface area contributed by atoms with Gasteiger partial charge in [0.1, 0.15) is 3.70 Å². The summed E-state index contributed by atoms with van der Waals surface area (Å²) >= 11 is 8.51. The highest BCUT2D eigenvalue weighted by Gasteiger charge is 2.34. The molecule has 0 radical (unpaired) electrons. The summed E-state index contributed by atoms with van der Waals surface area (Å²) in [7, 11) is 0. The van der Waals surface area contributed by atoms with E-state index in [0.717, 1.165) is 16.5 Å². The molecular weight excluding hydrogens is 557 g/mol. The SMILES string of the molecule is CCCC1CN(C(=O)c2cnn(C(C)C)c2I)CCN1C(=O)c1cc(NC(C)=O)ccc1Cl. The summed E-state index contributed by atoms with van der Waals surface area (Å²) in [4.78, 5) is 41.7. The van der Waals surface area contributed by atoms with Crippen molar-refractivity contribution in [2.75, 3.05) is 25.0 Å². The van der Waals surface area contributed by atoms with E-state index in [4.69, 9.17) is 11.6 Å². The molecule has 3 amide bonds. The molecule has 1 aliphatic rings. The maximum Gasteiger partial charge on any atom is 0.258 e. The lowest BCUT2D eigenvalue weighted by molar-refractivity contribution is -0.114. The molecule has 1 aromatic heterocycles. The number of anilines is 1. The number of amides is 3. The van der Waals surface area contributed by atoms with Crippen molar-refractivity contribution in [1.82, 2.24) is 19.6 Å². The van der Waals surface area contributed by atoms with Crippen LogP contribution in [0, 0.1) is 3.70 Å². The van der Waals surface area contributed by atoms with Crippen molar-refractivity contribution in [1.29, 1.82) is 0 Å². The van der Waals surface area contributed by atoms with Crippen LogP contribution < -0.4 is 5.32 Å². The molecule has 1 aromatic carbocycles. The van der Waals surface area contributed by atoms with Crippen molar-refractivity contribution < 1.29 is 14.4 Å². The second kappa shape index (κ2) is 10.9. The summed E-state index contributed by atoms with van der Waals surface area (Å²) in [6, 6.07) is 4.93. The number of aromatic nitrogens is 2. The number of carbonyl (C=O) groups excluding carboxylic acids is 3. The lowest BCUT2D eigenvalue weighted by Crippen LogP contribution is -2.56. The maximum absolute atomic E-state index is 13.4. The molecular formula is C23H29ClIN5O3. The Morgan fingerprint density at radius 3 is 2.55 bits per heavy atom. The Morgan fingerprint density at radius 1 is 1.21 bits per heavy atom. The number of rotatable bonds is 6. The van der Waals surface area contributed by atoms with Gasteiger partial charge in [-0.2, -0.15) is 5.10 Å². The van der Waals surface area contributed by atoms with Crippen LogP contribution in [0.1, 0.15) is 67.3 Å². The Morgan fingerprint density at radius 2 is 1.94 bits per heavy atom. The van der Waals surface area contributed by atoms with Gasteiger partial charge in [0.15, 0.2) is 0 Å². The van der Waals surface area contributed by atoms with Crippen molar-refractivity contribution in [2.24, 2.45) is 0 Å². The molecule has 1 aliphatic heterocycles. The summed E-state index contributed by atoms with van der Waals surface area (Å²) in [5.41, 5.74) is 1.45. The lowest BCUT2D eigenvalue weighted by atomic mass is 10.0. The number of piperazine rings is 1. The lowest BCUT2D eigenvalue weighted by Gasteiger charge is -2.41. The predicted molar refractivity (Wildman–Crippen MR) is 137 cm³/mol. The Bertz CT molecular complexity index is 1050. The van der Waals surface area contributed by atoms with Gasteiger partial charge >= 0.3 is 0 Å². The number of carbonyl (C=O) groups is 3. The van der Waals surface area contributed by atoms with Gasteiger partial charge in [0.2, 0.25) is 5.91 Å². The number of halogens is 2. The van der Waals surface area contributed by atoms with Crippen LogP contribution in [0.4, 0.5) is 5.69 Å². The molecule has 2 heterocycles. The molecule has 10 heteroatoms. The second-order valence-corrected chi connectivity index (χ2v) is 9.88. The fraction of sp³-hybridized carbons (Fsp3) is 0.478. The van der Waals surface area contributed by atoms with E-state index in [9.17, 15) is 14.4 Å². The molecule has 2 aromatic rings. The van der Waals surface area contributed by atoms with Crippen molar-refractivity contribution >= 4 is 57.6 Å². The third kappa shape index (κ3) is 5.68. The second-order valence-electron chi connectivity index (χ2n) is 8.46. The first-order valence-electron chi connectivity index (χ1n) is 11.0. The number of nitrogens with one attached hydrogen (secondary N) is 1. The highest BCUT2D eigenvalue weighted by atomic mass is 127. The Balaban J connectivity index is 1.81. The average Bonchev–Trinajstić information content (AvgIpc) is 3.15. The Kier molecular flexibility index (Phi) is 8.38. The van der Waals surface area contributed by atoms with E-state index in [2.05, 4.69) is 39.9 Å². The highest BCUT2D eigenvalue weighted by Crippen LogP contribution is 2.26. The molecule has 1 unspecified atom stereocenters. The zero-order valence-electron chi connectivity index (χ0n) is 19.3. The average molecular weight is 586 g/mol. The molecule has 33 heavy (non-hydrogen) atoms. The minimum absolute atomic E-state index is 0.0646. The fourth-order valence-electron chi connectivity index (χ4n) is 4.03. The van der Waals surface area contributed by atoms with Gasteiger partial charge in [-0.25, -0.2) is 0 Å². The van der Waals surface area contributed by atoms with Gasteiger partial charge < -0.3 is 15.1 Å². The monoisotopic (exact) mass is 585 g/mol. The van der Waals surface area contributed by atoms with Crippen molar-refractivity contribution in [2.45, 2.75) is 52.6 Å². The normalized spacial score (nSPS) is 16.3. The molecule has 1 atom stereocenters. The third-order valence-electron chi connectivity index (χ3n) is 5.62. The number of hydrogen-bond donors (Lipinski definition) is 1. The molecule has 1 fully saturated rings. The standard InChI is InChI=1S/C23H29ClIN5O3/c1-5-6-17-13-28(22(32)19-12-26-30(14(2)3)21(19)25)9-10-29(17)23(33)18-11-16(27-15(4)31)7-8-20(18)24/h7-8,11-12,14,17H,5-6,9-10,13H2,1-4H3,(H,27,31). The van der Waals surface area contributed by atoms with Gasteiger partial charge in [0.05, 0.1) is 22.3 Å². The molecule has 8 nitrogen and oxygen atoms in total. The smallest absolute Gasteiger partial charge is 0.258 e. The fourth-order valence-corrected chi connectivity index (χ4v) is 5.28. The van der Waals surface area contributed by atoms with Crippen LogP contribution in [-0.2, 0) is 4.79 Å². The molecule has 0 bridgehead atoms. The van der Waals surface area contributed by atoms with Crippen LogP contribution in [0.3, 0.4) is 0 Å². The summed E-state index contributed by atoms with van der Waals surface area (Å²) in [5.74, 6) is -0.479. The zero-order chi connectivity index (χ0) is 24.3. The Hall–Kier alpha value is -2.14. The van der Waals surface area contributed by atoms with Gasteiger partial charge in [0, 0.05) is 44.3 Å². The first-order chi connectivity index (χ1) is 15.6. The van der Waals surface area contributed by atoms with Crippen molar-refractivity contribution in [3.05, 3.63) is 44.2 Å². The summed E-state index contributed by atoms with van der Waals surface area (Å²) in [6.07, 6.45) is 3.27. The van der Waals surface area contributed by atoms with E-state index in [-0.39, 0.29) is 29.8 Å². The van der Waals surface area contributed by atoms with E-state index >= 15 is 0 Å². The van der Waals surface area contributed by atoms with Gasteiger partial charge in [-0.15, -0.1) is 0 Å². The number of nitrogens with zero attached hydrogens (tertiary/aromatic N) is 4. The predicted octanol–water partition coefficient (Wildman–Crippen LogP) is 4.45. The van der Waals surface area contributed by atoms with Crippen LogP contribution >= 0.6 is 34.2 Å². The minimum atomic E-state index is -0.220. The third-order valence-corrected chi connectivity index (χ3v) is 7.03. The van der Waals surface area contributed by atoms with Gasteiger partial charge in [-0.1, -0.05) is 24.9 Å². The first-order valence-corrected chi connectivity index (χ1v) is 12.5. The first kappa shape index (κ1) is 25.5.